The van der Waals surface area contributed by atoms with Crippen LogP contribution in [0.2, 0.25) is 0 Å². The van der Waals surface area contributed by atoms with Crippen LogP contribution in [-0.4, -0.2) is 24.5 Å². The molecule has 0 spiro atoms. The third-order valence-electron chi connectivity index (χ3n) is 3.82. The number of benzene rings is 1. The first kappa shape index (κ1) is 13.0. The van der Waals surface area contributed by atoms with Gasteiger partial charge in [0.05, 0.1) is 11.3 Å². The van der Waals surface area contributed by atoms with Crippen LogP contribution in [0.15, 0.2) is 18.2 Å². The van der Waals surface area contributed by atoms with Crippen LogP contribution in [0.1, 0.15) is 42.5 Å². The van der Waals surface area contributed by atoms with Gasteiger partial charge in [-0.2, -0.15) is 0 Å². The number of anilines is 1. The van der Waals surface area contributed by atoms with Gasteiger partial charge in [-0.3, -0.25) is 9.59 Å². The summed E-state index contributed by atoms with van der Waals surface area (Å²) in [7, 11) is 0. The maximum atomic E-state index is 12.4. The van der Waals surface area contributed by atoms with E-state index in [1.165, 1.54) is 19.3 Å². The number of hydrogen-bond acceptors (Lipinski definition) is 3. The second kappa shape index (κ2) is 5.53. The van der Waals surface area contributed by atoms with Crippen molar-refractivity contribution < 1.29 is 14.3 Å². The first-order valence-electron chi connectivity index (χ1n) is 7.10. The van der Waals surface area contributed by atoms with Gasteiger partial charge in [0.2, 0.25) is 0 Å². The summed E-state index contributed by atoms with van der Waals surface area (Å²) in [4.78, 5) is 23.6. The Morgan fingerprint density at radius 3 is 2.85 bits per heavy atom. The second-order valence-electron chi connectivity index (χ2n) is 5.33. The monoisotopic (exact) mass is 274 g/mol. The zero-order chi connectivity index (χ0) is 13.9. The fourth-order valence-corrected chi connectivity index (χ4v) is 2.80. The summed E-state index contributed by atoms with van der Waals surface area (Å²) in [6, 6.07) is 5.48. The van der Waals surface area contributed by atoms with E-state index in [1.54, 1.807) is 18.2 Å². The van der Waals surface area contributed by atoms with Gasteiger partial charge >= 0.3 is 0 Å². The number of ether oxygens (including phenoxy) is 1. The summed E-state index contributed by atoms with van der Waals surface area (Å²) in [5, 5.41) is 5.78. The molecular weight excluding hydrogens is 256 g/mol. The molecule has 0 unspecified atom stereocenters. The van der Waals surface area contributed by atoms with Crippen LogP contribution in [0.5, 0.6) is 5.75 Å². The molecule has 1 aliphatic carbocycles. The van der Waals surface area contributed by atoms with Gasteiger partial charge in [0.25, 0.3) is 11.8 Å². The molecule has 0 bridgehead atoms. The highest BCUT2D eigenvalue weighted by atomic mass is 16.5. The zero-order valence-corrected chi connectivity index (χ0v) is 11.3. The molecule has 0 atom stereocenters. The second-order valence-corrected chi connectivity index (χ2v) is 5.33. The van der Waals surface area contributed by atoms with Gasteiger partial charge < -0.3 is 15.4 Å². The summed E-state index contributed by atoms with van der Waals surface area (Å²) in [6.45, 7) is -0.0410. The van der Waals surface area contributed by atoms with E-state index in [0.717, 1.165) is 12.8 Å². The van der Waals surface area contributed by atoms with Crippen molar-refractivity contribution in [2.24, 2.45) is 0 Å². The Bertz CT molecular complexity index is 536. The van der Waals surface area contributed by atoms with Crippen LogP contribution < -0.4 is 15.4 Å². The van der Waals surface area contributed by atoms with Crippen molar-refractivity contribution in [1.82, 2.24) is 5.32 Å². The third kappa shape index (κ3) is 2.61. The number of amides is 2. The van der Waals surface area contributed by atoms with Crippen molar-refractivity contribution >= 4 is 17.5 Å². The van der Waals surface area contributed by atoms with Crippen molar-refractivity contribution in [1.29, 1.82) is 0 Å². The molecule has 2 aliphatic rings. The Kier molecular flexibility index (Phi) is 3.58. The lowest BCUT2D eigenvalue weighted by Crippen LogP contribution is -2.37. The van der Waals surface area contributed by atoms with E-state index in [2.05, 4.69) is 10.6 Å². The van der Waals surface area contributed by atoms with Gasteiger partial charge in [0, 0.05) is 6.04 Å². The van der Waals surface area contributed by atoms with Crippen molar-refractivity contribution in [2.45, 2.75) is 38.1 Å². The first-order valence-corrected chi connectivity index (χ1v) is 7.10. The first-order chi connectivity index (χ1) is 9.74. The van der Waals surface area contributed by atoms with Gasteiger partial charge in [-0.05, 0) is 25.0 Å². The molecule has 1 fully saturated rings. The molecule has 106 valence electrons. The minimum Gasteiger partial charge on any atom is -0.481 e. The van der Waals surface area contributed by atoms with Crippen molar-refractivity contribution in [3.05, 3.63) is 23.8 Å². The fraction of sp³-hybridized carbons (Fsp3) is 0.467. The molecule has 20 heavy (non-hydrogen) atoms. The number of para-hydroxylation sites is 1. The predicted octanol–water partition coefficient (Wildman–Crippen LogP) is 2.08. The SMILES string of the molecule is O=C1COc2c(cccc2C(=O)NC2CCCCC2)N1. The molecule has 0 aromatic heterocycles. The molecule has 1 saturated carbocycles. The number of hydrogen-bond donors (Lipinski definition) is 2. The number of carbonyl (C=O) groups excluding carboxylic acids is 2. The average molecular weight is 274 g/mol. The van der Waals surface area contributed by atoms with Gasteiger partial charge in [-0.1, -0.05) is 25.3 Å². The van der Waals surface area contributed by atoms with E-state index < -0.39 is 0 Å². The van der Waals surface area contributed by atoms with E-state index in [-0.39, 0.29) is 24.5 Å². The Balaban J connectivity index is 1.77. The molecular formula is C15H18N2O3. The van der Waals surface area contributed by atoms with Crippen LogP contribution >= 0.6 is 0 Å². The lowest BCUT2D eigenvalue weighted by Gasteiger charge is -2.24. The van der Waals surface area contributed by atoms with Crippen LogP contribution in [-0.2, 0) is 4.79 Å². The Morgan fingerprint density at radius 1 is 1.25 bits per heavy atom. The molecule has 1 aliphatic heterocycles. The minimum absolute atomic E-state index is 0.0410. The van der Waals surface area contributed by atoms with Crippen LogP contribution in [0.25, 0.3) is 0 Å². The van der Waals surface area contributed by atoms with Crippen molar-refractivity contribution in [2.75, 3.05) is 11.9 Å². The maximum Gasteiger partial charge on any atom is 0.262 e. The Hall–Kier alpha value is -2.04. The fourth-order valence-electron chi connectivity index (χ4n) is 2.80. The lowest BCUT2D eigenvalue weighted by atomic mass is 9.95. The van der Waals surface area contributed by atoms with Crippen molar-refractivity contribution in [3.8, 4) is 5.75 Å². The molecule has 5 heteroatoms. The van der Waals surface area contributed by atoms with Gasteiger partial charge in [-0.25, -0.2) is 0 Å². The summed E-state index contributed by atoms with van der Waals surface area (Å²) >= 11 is 0. The van der Waals surface area contributed by atoms with Gasteiger partial charge in [-0.15, -0.1) is 0 Å². The molecule has 5 nitrogen and oxygen atoms in total. The van der Waals surface area contributed by atoms with E-state index >= 15 is 0 Å². The number of fused-ring (bicyclic) bond motifs is 1. The van der Waals surface area contributed by atoms with Crippen LogP contribution in [0.4, 0.5) is 5.69 Å². The maximum absolute atomic E-state index is 12.4. The van der Waals surface area contributed by atoms with Crippen LogP contribution in [0.3, 0.4) is 0 Å². The molecule has 3 rings (SSSR count). The minimum atomic E-state index is -0.192. The molecule has 2 N–H and O–H groups in total. The average Bonchev–Trinajstić information content (AvgIpc) is 2.47. The van der Waals surface area contributed by atoms with Gasteiger partial charge in [0.15, 0.2) is 12.4 Å². The van der Waals surface area contributed by atoms with E-state index in [0.29, 0.717) is 17.0 Å². The molecule has 0 saturated heterocycles. The largest absolute Gasteiger partial charge is 0.481 e. The van der Waals surface area contributed by atoms with E-state index in [9.17, 15) is 9.59 Å². The lowest BCUT2D eigenvalue weighted by molar-refractivity contribution is -0.118. The smallest absolute Gasteiger partial charge is 0.262 e. The van der Waals surface area contributed by atoms with Crippen molar-refractivity contribution in [3.63, 3.8) is 0 Å². The predicted molar refractivity (Wildman–Crippen MR) is 74.9 cm³/mol. The molecule has 0 radical (unpaired) electrons. The standard InChI is InChI=1S/C15H18N2O3/c18-13-9-20-14-11(7-4-8-12(14)17-13)15(19)16-10-5-2-1-3-6-10/h4,7-8,10H,1-3,5-6,9H2,(H,16,19)(H,17,18). The van der Waals surface area contributed by atoms with E-state index in [4.69, 9.17) is 4.74 Å². The highest BCUT2D eigenvalue weighted by Crippen LogP contribution is 2.31. The zero-order valence-electron chi connectivity index (χ0n) is 11.3. The molecule has 1 aromatic carbocycles. The molecule has 1 heterocycles. The summed E-state index contributed by atoms with van der Waals surface area (Å²) in [5.41, 5.74) is 1.06. The highest BCUT2D eigenvalue weighted by molar-refractivity contribution is 6.03. The summed E-state index contributed by atoms with van der Waals surface area (Å²) < 4.78 is 5.40. The quantitative estimate of drug-likeness (QED) is 0.867. The summed E-state index contributed by atoms with van der Waals surface area (Å²) in [5.74, 6) is 0.160. The van der Waals surface area contributed by atoms with Crippen LogP contribution in [0, 0.1) is 0 Å². The topological polar surface area (TPSA) is 67.4 Å². The molecule has 2 amide bonds. The number of nitrogens with one attached hydrogen (secondary N) is 2. The third-order valence-corrected chi connectivity index (χ3v) is 3.82. The van der Waals surface area contributed by atoms with E-state index in [1.807, 2.05) is 0 Å². The Labute approximate surface area is 117 Å². The summed E-state index contributed by atoms with van der Waals surface area (Å²) in [6.07, 6.45) is 5.67. The number of rotatable bonds is 2. The normalized spacial score (nSPS) is 18.7. The van der Waals surface area contributed by atoms with Gasteiger partial charge in [0.1, 0.15) is 0 Å². The molecule has 1 aromatic rings. The number of carbonyl (C=O) groups is 2. The Morgan fingerprint density at radius 2 is 2.05 bits per heavy atom. The highest BCUT2D eigenvalue weighted by Gasteiger charge is 2.24.